The minimum atomic E-state index is -0.142. The monoisotopic (exact) mass is 367 g/mol. The van der Waals surface area contributed by atoms with Crippen LogP contribution in [0.1, 0.15) is 34.9 Å². The van der Waals surface area contributed by atoms with Crippen LogP contribution in [0.15, 0.2) is 97.6 Å². The van der Waals surface area contributed by atoms with Crippen LogP contribution in [0.5, 0.6) is 0 Å². The Hall–Kier alpha value is -3.44. The fourth-order valence-electron chi connectivity index (χ4n) is 3.44. The molecule has 0 radical (unpaired) electrons. The van der Waals surface area contributed by atoms with Crippen LogP contribution >= 0.6 is 0 Å². The molecule has 4 heterocycles. The van der Waals surface area contributed by atoms with Crippen molar-refractivity contribution in [3.05, 3.63) is 120 Å². The van der Waals surface area contributed by atoms with E-state index in [0.29, 0.717) is 0 Å². The van der Waals surface area contributed by atoms with Crippen LogP contribution in [0.3, 0.4) is 0 Å². The normalized spacial score (nSPS) is 11.3. The maximum absolute atomic E-state index is 4.62. The SMILES string of the molecule is CN(C(c1ccccn1)c1ccccn1)C(c1ccccn1)c1ccccn1. The van der Waals surface area contributed by atoms with Gasteiger partial charge in [-0.25, -0.2) is 0 Å². The lowest BCUT2D eigenvalue weighted by atomic mass is 10.0. The van der Waals surface area contributed by atoms with E-state index < -0.39 is 0 Å². The van der Waals surface area contributed by atoms with Gasteiger partial charge in [-0.15, -0.1) is 0 Å². The predicted octanol–water partition coefficient (Wildman–Crippen LogP) is 4.08. The van der Waals surface area contributed by atoms with Gasteiger partial charge in [-0.3, -0.25) is 24.8 Å². The molecule has 5 heteroatoms. The van der Waals surface area contributed by atoms with E-state index in [4.69, 9.17) is 0 Å². The fraction of sp³-hybridized carbons (Fsp3) is 0.130. The summed E-state index contributed by atoms with van der Waals surface area (Å²) >= 11 is 0. The van der Waals surface area contributed by atoms with E-state index in [1.54, 1.807) is 0 Å². The zero-order valence-corrected chi connectivity index (χ0v) is 15.6. The molecule has 0 aliphatic carbocycles. The highest BCUT2D eigenvalue weighted by atomic mass is 15.2. The molecule has 4 rings (SSSR count). The molecule has 4 aromatic rings. The molecule has 0 N–H and O–H groups in total. The third kappa shape index (κ3) is 3.80. The Morgan fingerprint density at radius 1 is 0.500 bits per heavy atom. The third-order valence-electron chi connectivity index (χ3n) is 4.69. The van der Waals surface area contributed by atoms with Crippen molar-refractivity contribution in [2.24, 2.45) is 0 Å². The van der Waals surface area contributed by atoms with Crippen molar-refractivity contribution in [2.75, 3.05) is 7.05 Å². The van der Waals surface area contributed by atoms with Crippen molar-refractivity contribution in [1.29, 1.82) is 0 Å². The number of rotatable bonds is 6. The molecular weight excluding hydrogens is 346 g/mol. The van der Waals surface area contributed by atoms with Gasteiger partial charge in [-0.05, 0) is 55.6 Å². The Morgan fingerprint density at radius 3 is 1.00 bits per heavy atom. The minimum Gasteiger partial charge on any atom is -0.279 e. The topological polar surface area (TPSA) is 54.8 Å². The lowest BCUT2D eigenvalue weighted by molar-refractivity contribution is 0.214. The second-order valence-electron chi connectivity index (χ2n) is 6.49. The van der Waals surface area contributed by atoms with E-state index in [1.165, 1.54) is 0 Å². The first kappa shape index (κ1) is 17.9. The van der Waals surface area contributed by atoms with E-state index in [0.717, 1.165) is 22.8 Å². The van der Waals surface area contributed by atoms with E-state index in [1.807, 2.05) is 97.6 Å². The molecule has 0 atom stereocenters. The Labute approximate surface area is 164 Å². The van der Waals surface area contributed by atoms with Crippen molar-refractivity contribution in [2.45, 2.75) is 12.1 Å². The molecular formula is C23H21N5. The molecule has 0 aromatic carbocycles. The zero-order chi connectivity index (χ0) is 19.2. The van der Waals surface area contributed by atoms with Gasteiger partial charge in [0.2, 0.25) is 0 Å². The van der Waals surface area contributed by atoms with Gasteiger partial charge < -0.3 is 0 Å². The number of pyridine rings is 4. The highest BCUT2D eigenvalue weighted by Crippen LogP contribution is 2.34. The standard InChI is InChI=1S/C23H21N5/c1-28(22(18-10-2-6-14-24-18)19-11-3-7-15-25-19)23(20-12-4-8-16-26-20)21-13-5-9-17-27-21/h2-17,22-23H,1H3. The lowest BCUT2D eigenvalue weighted by Crippen LogP contribution is -2.32. The maximum atomic E-state index is 4.62. The number of hydrogen-bond acceptors (Lipinski definition) is 5. The molecule has 0 amide bonds. The van der Waals surface area contributed by atoms with Gasteiger partial charge in [0, 0.05) is 24.8 Å². The van der Waals surface area contributed by atoms with Crippen LogP contribution in [-0.4, -0.2) is 31.9 Å². The molecule has 0 saturated heterocycles. The first-order chi connectivity index (χ1) is 13.8. The predicted molar refractivity (Wildman–Crippen MR) is 108 cm³/mol. The Bertz CT molecular complexity index is 816. The smallest absolute Gasteiger partial charge is 0.0955 e. The summed E-state index contributed by atoms with van der Waals surface area (Å²) in [5, 5.41) is 0. The molecule has 0 aliphatic heterocycles. The Morgan fingerprint density at radius 2 is 0.786 bits per heavy atom. The molecule has 0 saturated carbocycles. The molecule has 0 fully saturated rings. The molecule has 0 spiro atoms. The average molecular weight is 367 g/mol. The summed E-state index contributed by atoms with van der Waals surface area (Å²) in [4.78, 5) is 20.7. The summed E-state index contributed by atoms with van der Waals surface area (Å²) in [5.41, 5.74) is 3.72. The third-order valence-corrected chi connectivity index (χ3v) is 4.69. The first-order valence-electron chi connectivity index (χ1n) is 9.20. The Balaban J connectivity index is 1.84. The van der Waals surface area contributed by atoms with Gasteiger partial charge >= 0.3 is 0 Å². The van der Waals surface area contributed by atoms with E-state index in [-0.39, 0.29) is 12.1 Å². The van der Waals surface area contributed by atoms with Gasteiger partial charge in [0.05, 0.1) is 34.9 Å². The summed E-state index contributed by atoms with van der Waals surface area (Å²) in [6.07, 6.45) is 7.26. The Kier molecular flexibility index (Phi) is 5.45. The van der Waals surface area contributed by atoms with Crippen molar-refractivity contribution in [1.82, 2.24) is 24.8 Å². The molecule has 0 bridgehead atoms. The van der Waals surface area contributed by atoms with Gasteiger partial charge in [0.25, 0.3) is 0 Å². The second-order valence-corrected chi connectivity index (χ2v) is 6.49. The van der Waals surface area contributed by atoms with Crippen LogP contribution in [0.2, 0.25) is 0 Å². The number of aromatic nitrogens is 4. The summed E-state index contributed by atoms with van der Waals surface area (Å²) in [7, 11) is 2.07. The summed E-state index contributed by atoms with van der Waals surface area (Å²) in [6.45, 7) is 0. The quantitative estimate of drug-likeness (QED) is 0.514. The van der Waals surface area contributed by atoms with Gasteiger partial charge in [-0.2, -0.15) is 0 Å². The fourth-order valence-corrected chi connectivity index (χ4v) is 3.44. The van der Waals surface area contributed by atoms with Crippen LogP contribution in [0.25, 0.3) is 0 Å². The maximum Gasteiger partial charge on any atom is 0.0955 e. The molecule has 0 aliphatic rings. The second kappa shape index (κ2) is 8.50. The van der Waals surface area contributed by atoms with Crippen molar-refractivity contribution in [3.8, 4) is 0 Å². The van der Waals surface area contributed by atoms with Crippen LogP contribution in [0.4, 0.5) is 0 Å². The van der Waals surface area contributed by atoms with Crippen LogP contribution in [-0.2, 0) is 0 Å². The zero-order valence-electron chi connectivity index (χ0n) is 15.6. The molecule has 4 aromatic heterocycles. The van der Waals surface area contributed by atoms with Gasteiger partial charge in [0.1, 0.15) is 0 Å². The number of hydrogen-bond donors (Lipinski definition) is 0. The van der Waals surface area contributed by atoms with E-state index in [2.05, 4.69) is 31.9 Å². The van der Waals surface area contributed by atoms with Crippen LogP contribution < -0.4 is 0 Å². The average Bonchev–Trinajstić information content (AvgIpc) is 2.77. The first-order valence-corrected chi connectivity index (χ1v) is 9.20. The van der Waals surface area contributed by atoms with Crippen molar-refractivity contribution < 1.29 is 0 Å². The largest absolute Gasteiger partial charge is 0.279 e. The van der Waals surface area contributed by atoms with Gasteiger partial charge in [0.15, 0.2) is 0 Å². The molecule has 0 unspecified atom stereocenters. The summed E-state index contributed by atoms with van der Waals surface area (Å²) < 4.78 is 0. The highest BCUT2D eigenvalue weighted by Gasteiger charge is 2.31. The van der Waals surface area contributed by atoms with Gasteiger partial charge in [-0.1, -0.05) is 24.3 Å². The summed E-state index contributed by atoms with van der Waals surface area (Å²) in [6, 6.07) is 23.6. The molecule has 5 nitrogen and oxygen atoms in total. The number of nitrogens with zero attached hydrogens (tertiary/aromatic N) is 5. The van der Waals surface area contributed by atoms with Crippen molar-refractivity contribution in [3.63, 3.8) is 0 Å². The summed E-state index contributed by atoms with van der Waals surface area (Å²) in [5.74, 6) is 0. The molecule has 138 valence electrons. The van der Waals surface area contributed by atoms with E-state index >= 15 is 0 Å². The minimum absolute atomic E-state index is 0.142. The highest BCUT2D eigenvalue weighted by molar-refractivity contribution is 5.27. The lowest BCUT2D eigenvalue weighted by Gasteiger charge is -2.34. The van der Waals surface area contributed by atoms with Crippen LogP contribution in [0, 0.1) is 0 Å². The molecule has 28 heavy (non-hydrogen) atoms. The van der Waals surface area contributed by atoms with Crippen molar-refractivity contribution >= 4 is 0 Å². The van der Waals surface area contributed by atoms with E-state index in [9.17, 15) is 0 Å².